The summed E-state index contributed by atoms with van der Waals surface area (Å²) in [6, 6.07) is 9.43. The molecule has 0 aliphatic rings. The zero-order chi connectivity index (χ0) is 16.5. The van der Waals surface area contributed by atoms with Crippen LogP contribution in [0.4, 0.5) is 22.7 Å². The summed E-state index contributed by atoms with van der Waals surface area (Å²) in [6.07, 6.45) is 0. The van der Waals surface area contributed by atoms with Crippen molar-refractivity contribution in [3.05, 3.63) is 67.3 Å². The van der Waals surface area contributed by atoms with Crippen molar-refractivity contribution >= 4 is 46.0 Å². The van der Waals surface area contributed by atoms with E-state index in [1.807, 2.05) is 0 Å². The number of rotatable bonds is 2. The van der Waals surface area contributed by atoms with Crippen LogP contribution in [0.15, 0.2) is 46.6 Å². The van der Waals surface area contributed by atoms with Crippen molar-refractivity contribution in [3.8, 4) is 0 Å². The quantitative estimate of drug-likeness (QED) is 0.311. The Labute approximate surface area is 135 Å². The summed E-state index contributed by atoms with van der Waals surface area (Å²) in [5.41, 5.74) is 28.7. The molecule has 0 aliphatic carbocycles. The van der Waals surface area contributed by atoms with Gasteiger partial charge in [-0.1, -0.05) is 33.4 Å². The van der Waals surface area contributed by atoms with Crippen molar-refractivity contribution in [2.24, 2.45) is 10.2 Å². The van der Waals surface area contributed by atoms with Gasteiger partial charge in [0.25, 0.3) is 0 Å². The molecule has 2 aromatic rings. The standard InChI is InChI=1S/2C6H5ClN4/c2*7-4-1-2-6(10-11-9)5(8)3-4/h2*1-3H,8H2. The number of nitrogen functional groups attached to an aromatic ring is 2. The van der Waals surface area contributed by atoms with Gasteiger partial charge in [-0.2, -0.15) is 0 Å². The summed E-state index contributed by atoms with van der Waals surface area (Å²) >= 11 is 11.2. The third-order valence-corrected chi connectivity index (χ3v) is 2.75. The fraction of sp³-hybridized carbons (Fsp3) is 0. The largest absolute Gasteiger partial charge is 0.398 e. The van der Waals surface area contributed by atoms with Gasteiger partial charge < -0.3 is 11.5 Å². The highest BCUT2D eigenvalue weighted by Gasteiger charge is 1.96. The maximum absolute atomic E-state index is 8.08. The highest BCUT2D eigenvalue weighted by molar-refractivity contribution is 6.31. The third-order valence-electron chi connectivity index (χ3n) is 2.28. The highest BCUT2D eigenvalue weighted by Crippen LogP contribution is 2.25. The smallest absolute Gasteiger partial charge is 0.0605 e. The zero-order valence-corrected chi connectivity index (χ0v) is 12.6. The lowest BCUT2D eigenvalue weighted by atomic mass is 10.3. The molecule has 10 heteroatoms. The topological polar surface area (TPSA) is 150 Å². The first-order valence-corrected chi connectivity index (χ1v) is 6.43. The summed E-state index contributed by atoms with van der Waals surface area (Å²) in [5, 5.41) is 7.74. The molecule has 112 valence electrons. The van der Waals surface area contributed by atoms with Gasteiger partial charge in [0.15, 0.2) is 0 Å². The average Bonchev–Trinajstić information content (AvgIpc) is 2.46. The molecule has 0 aliphatic heterocycles. The molecule has 0 heterocycles. The van der Waals surface area contributed by atoms with E-state index in [9.17, 15) is 0 Å². The van der Waals surface area contributed by atoms with Crippen LogP contribution in [0.3, 0.4) is 0 Å². The molecule has 22 heavy (non-hydrogen) atoms. The Morgan fingerprint density at radius 2 is 1.14 bits per heavy atom. The first-order chi connectivity index (χ1) is 10.5. The zero-order valence-electron chi connectivity index (χ0n) is 11.1. The minimum atomic E-state index is 0.385. The molecule has 4 N–H and O–H groups in total. The van der Waals surface area contributed by atoms with E-state index in [4.69, 9.17) is 45.7 Å². The minimum absolute atomic E-state index is 0.385. The molecule has 0 atom stereocenters. The fourth-order valence-electron chi connectivity index (χ4n) is 1.33. The maximum atomic E-state index is 8.08. The highest BCUT2D eigenvalue weighted by atomic mass is 35.5. The first kappa shape index (κ1) is 17.3. The molecule has 0 aromatic heterocycles. The van der Waals surface area contributed by atoms with Gasteiger partial charge in [-0.05, 0) is 47.5 Å². The first-order valence-electron chi connectivity index (χ1n) is 5.68. The van der Waals surface area contributed by atoms with Gasteiger partial charge in [-0.15, -0.1) is 0 Å². The third kappa shape index (κ3) is 5.32. The van der Waals surface area contributed by atoms with Crippen molar-refractivity contribution < 1.29 is 0 Å². The van der Waals surface area contributed by atoms with Gasteiger partial charge in [-0.3, -0.25) is 0 Å². The second-order valence-electron chi connectivity index (χ2n) is 3.79. The van der Waals surface area contributed by atoms with E-state index in [2.05, 4.69) is 20.1 Å². The van der Waals surface area contributed by atoms with E-state index in [0.717, 1.165) is 0 Å². The van der Waals surface area contributed by atoms with E-state index in [1.54, 1.807) is 24.3 Å². The van der Waals surface area contributed by atoms with Gasteiger partial charge in [-0.25, -0.2) is 0 Å². The number of azide groups is 2. The molecular formula is C12H10Cl2N8. The van der Waals surface area contributed by atoms with Crippen LogP contribution in [0.1, 0.15) is 0 Å². The van der Waals surface area contributed by atoms with Gasteiger partial charge in [0.1, 0.15) is 0 Å². The molecule has 0 fully saturated rings. The predicted molar refractivity (Wildman–Crippen MR) is 89.3 cm³/mol. The number of hydrogen-bond acceptors (Lipinski definition) is 4. The monoisotopic (exact) mass is 336 g/mol. The van der Waals surface area contributed by atoms with Crippen LogP contribution in [-0.2, 0) is 0 Å². The molecule has 2 rings (SSSR count). The van der Waals surface area contributed by atoms with Crippen LogP contribution in [0.25, 0.3) is 20.9 Å². The van der Waals surface area contributed by atoms with E-state index in [0.29, 0.717) is 32.8 Å². The Hall–Kier alpha value is -2.76. The van der Waals surface area contributed by atoms with Crippen LogP contribution in [0.2, 0.25) is 10.0 Å². The minimum Gasteiger partial charge on any atom is -0.398 e. The number of halogens is 2. The molecule has 0 radical (unpaired) electrons. The maximum Gasteiger partial charge on any atom is 0.0605 e. The van der Waals surface area contributed by atoms with Gasteiger partial charge in [0, 0.05) is 31.2 Å². The molecule has 0 saturated heterocycles. The lowest BCUT2D eigenvalue weighted by molar-refractivity contribution is 1.48. The van der Waals surface area contributed by atoms with Crippen LogP contribution in [0.5, 0.6) is 0 Å². The number of hydrogen-bond donors (Lipinski definition) is 2. The SMILES string of the molecule is [N-]=[N+]=Nc1ccc(Cl)cc1N.[N-]=[N+]=Nc1ccc(Cl)cc1N. The van der Waals surface area contributed by atoms with E-state index in [-0.39, 0.29) is 0 Å². The lowest BCUT2D eigenvalue weighted by Crippen LogP contribution is -1.83. The molecular weight excluding hydrogens is 327 g/mol. The van der Waals surface area contributed by atoms with Gasteiger partial charge in [0.05, 0.1) is 11.4 Å². The number of anilines is 2. The van der Waals surface area contributed by atoms with Crippen molar-refractivity contribution in [1.29, 1.82) is 0 Å². The number of nitrogens with two attached hydrogens (primary N) is 2. The predicted octanol–water partition coefficient (Wildman–Crippen LogP) is 5.73. The lowest BCUT2D eigenvalue weighted by Gasteiger charge is -1.97. The number of benzene rings is 2. The molecule has 0 amide bonds. The Morgan fingerprint density at radius 3 is 1.41 bits per heavy atom. The molecule has 0 unspecified atom stereocenters. The summed E-state index contributed by atoms with van der Waals surface area (Å²) < 4.78 is 0. The van der Waals surface area contributed by atoms with Crippen molar-refractivity contribution in [1.82, 2.24) is 0 Å². The Bertz CT molecular complexity index is 698. The van der Waals surface area contributed by atoms with E-state index >= 15 is 0 Å². The molecule has 0 spiro atoms. The van der Waals surface area contributed by atoms with Crippen LogP contribution in [0, 0.1) is 0 Å². The van der Waals surface area contributed by atoms with Crippen molar-refractivity contribution in [3.63, 3.8) is 0 Å². The normalized spacial score (nSPS) is 8.82. The van der Waals surface area contributed by atoms with Crippen LogP contribution >= 0.6 is 23.2 Å². The Kier molecular flexibility index (Phi) is 6.69. The second kappa shape index (κ2) is 8.51. The molecule has 2 aromatic carbocycles. The van der Waals surface area contributed by atoms with E-state index in [1.165, 1.54) is 12.1 Å². The summed E-state index contributed by atoms with van der Waals surface area (Å²) in [4.78, 5) is 5.20. The molecule has 8 nitrogen and oxygen atoms in total. The second-order valence-corrected chi connectivity index (χ2v) is 4.66. The van der Waals surface area contributed by atoms with Gasteiger partial charge in [0.2, 0.25) is 0 Å². The Balaban J connectivity index is 0.000000220. The van der Waals surface area contributed by atoms with Crippen LogP contribution < -0.4 is 11.5 Å². The van der Waals surface area contributed by atoms with E-state index < -0.39 is 0 Å². The average molecular weight is 337 g/mol. The van der Waals surface area contributed by atoms with Crippen LogP contribution in [-0.4, -0.2) is 0 Å². The summed E-state index contributed by atoms with van der Waals surface area (Å²) in [7, 11) is 0. The fourth-order valence-corrected chi connectivity index (χ4v) is 1.69. The van der Waals surface area contributed by atoms with Crippen molar-refractivity contribution in [2.45, 2.75) is 0 Å². The van der Waals surface area contributed by atoms with Gasteiger partial charge >= 0.3 is 0 Å². The number of nitrogens with zero attached hydrogens (tertiary/aromatic N) is 6. The summed E-state index contributed by atoms with van der Waals surface area (Å²) in [6.45, 7) is 0. The Morgan fingerprint density at radius 1 is 0.773 bits per heavy atom. The molecule has 0 saturated carbocycles. The molecule has 0 bridgehead atoms. The summed E-state index contributed by atoms with van der Waals surface area (Å²) in [5.74, 6) is 0. The van der Waals surface area contributed by atoms with Crippen molar-refractivity contribution in [2.75, 3.05) is 11.5 Å².